The molecule has 0 atom stereocenters. The van der Waals surface area contributed by atoms with E-state index in [4.69, 9.17) is 5.26 Å². The van der Waals surface area contributed by atoms with Crippen molar-refractivity contribution in [1.29, 1.82) is 5.26 Å². The van der Waals surface area contributed by atoms with Crippen molar-refractivity contribution >= 4 is 10.9 Å². The van der Waals surface area contributed by atoms with Gasteiger partial charge in [0, 0.05) is 17.1 Å². The van der Waals surface area contributed by atoms with E-state index >= 15 is 0 Å². The van der Waals surface area contributed by atoms with Gasteiger partial charge in [-0.3, -0.25) is 0 Å². The summed E-state index contributed by atoms with van der Waals surface area (Å²) in [6, 6.07) is 15.6. The predicted octanol–water partition coefficient (Wildman–Crippen LogP) is 3.48. The van der Waals surface area contributed by atoms with Crippen molar-refractivity contribution in [2.75, 3.05) is 0 Å². The van der Waals surface area contributed by atoms with Crippen LogP contribution in [-0.2, 0) is 0 Å². The fraction of sp³-hybridized carbons (Fsp3) is 0.0625. The Labute approximate surface area is 111 Å². The summed E-state index contributed by atoms with van der Waals surface area (Å²) in [6.07, 6.45) is 1.80. The number of hydrogen-bond acceptors (Lipinski definition) is 3. The monoisotopic (exact) mass is 245 g/mol. The Morgan fingerprint density at radius 2 is 1.95 bits per heavy atom. The van der Waals surface area contributed by atoms with E-state index in [9.17, 15) is 0 Å². The Bertz CT molecular complexity index is 800. The summed E-state index contributed by atoms with van der Waals surface area (Å²) in [7, 11) is 0. The highest BCUT2D eigenvalue weighted by Crippen LogP contribution is 2.22. The van der Waals surface area contributed by atoms with Crippen molar-refractivity contribution in [1.82, 2.24) is 9.97 Å². The molecule has 0 fully saturated rings. The summed E-state index contributed by atoms with van der Waals surface area (Å²) in [5.74, 6) is 0.591. The Morgan fingerprint density at radius 1 is 1.11 bits per heavy atom. The molecule has 3 heteroatoms. The third-order valence-electron chi connectivity index (χ3n) is 3.02. The minimum atomic E-state index is 0.591. The van der Waals surface area contributed by atoms with Gasteiger partial charge in [-0.25, -0.2) is 9.97 Å². The molecule has 3 nitrogen and oxygen atoms in total. The molecule has 0 aliphatic heterocycles. The summed E-state index contributed by atoms with van der Waals surface area (Å²) in [6.45, 7) is 2.04. The highest BCUT2D eigenvalue weighted by molar-refractivity contribution is 5.80. The first-order valence-electron chi connectivity index (χ1n) is 6.01. The maximum Gasteiger partial charge on any atom is 0.161 e. The van der Waals surface area contributed by atoms with Crippen molar-refractivity contribution in [2.24, 2.45) is 0 Å². The molecule has 19 heavy (non-hydrogen) atoms. The maximum absolute atomic E-state index is 9.12. The molecule has 0 amide bonds. The second-order valence-electron chi connectivity index (χ2n) is 4.41. The Morgan fingerprint density at radius 3 is 2.79 bits per heavy atom. The van der Waals surface area contributed by atoms with Gasteiger partial charge in [0.25, 0.3) is 0 Å². The molecular weight excluding hydrogens is 234 g/mol. The smallest absolute Gasteiger partial charge is 0.161 e. The van der Waals surface area contributed by atoms with Gasteiger partial charge in [-0.1, -0.05) is 23.8 Å². The summed E-state index contributed by atoms with van der Waals surface area (Å²) >= 11 is 0. The van der Waals surface area contributed by atoms with E-state index in [1.165, 1.54) is 5.56 Å². The topological polar surface area (TPSA) is 49.6 Å². The molecule has 3 rings (SSSR count). The molecule has 0 saturated carbocycles. The van der Waals surface area contributed by atoms with Crippen molar-refractivity contribution in [3.63, 3.8) is 0 Å². The Hall–Kier alpha value is -2.73. The van der Waals surface area contributed by atoms with E-state index in [-0.39, 0.29) is 0 Å². The second kappa shape index (κ2) is 4.51. The van der Waals surface area contributed by atoms with Crippen LogP contribution in [0.25, 0.3) is 22.3 Å². The summed E-state index contributed by atoms with van der Waals surface area (Å²) in [4.78, 5) is 8.90. The molecule has 90 valence electrons. The lowest BCUT2D eigenvalue weighted by Crippen LogP contribution is -1.92. The number of nitriles is 1. The second-order valence-corrected chi connectivity index (χ2v) is 4.41. The van der Waals surface area contributed by atoms with E-state index in [1.54, 1.807) is 12.3 Å². The number of fused-ring (bicyclic) bond motifs is 1. The van der Waals surface area contributed by atoms with Crippen LogP contribution in [0.1, 0.15) is 11.1 Å². The Balaban J connectivity index is 2.21. The minimum absolute atomic E-state index is 0.591. The first-order chi connectivity index (χ1) is 9.28. The van der Waals surface area contributed by atoms with Crippen molar-refractivity contribution < 1.29 is 0 Å². The first-order valence-corrected chi connectivity index (χ1v) is 6.01. The summed E-state index contributed by atoms with van der Waals surface area (Å²) in [5.41, 5.74) is 3.44. The van der Waals surface area contributed by atoms with Crippen molar-refractivity contribution in [3.05, 3.63) is 59.8 Å². The van der Waals surface area contributed by atoms with Gasteiger partial charge in [0.05, 0.1) is 17.1 Å². The number of nitrogens with zero attached hydrogens (tertiary/aromatic N) is 3. The van der Waals surface area contributed by atoms with Gasteiger partial charge in [0.1, 0.15) is 0 Å². The van der Waals surface area contributed by atoms with Gasteiger partial charge in [-0.2, -0.15) is 5.26 Å². The molecule has 0 radical (unpaired) electrons. The van der Waals surface area contributed by atoms with Crippen LogP contribution in [0.3, 0.4) is 0 Å². The van der Waals surface area contributed by atoms with E-state index in [0.717, 1.165) is 16.5 Å². The van der Waals surface area contributed by atoms with Crippen LogP contribution < -0.4 is 0 Å². The van der Waals surface area contributed by atoms with Gasteiger partial charge in [0.15, 0.2) is 5.82 Å². The van der Waals surface area contributed by atoms with Crippen LogP contribution in [0, 0.1) is 18.3 Å². The Kier molecular flexibility index (Phi) is 2.70. The van der Waals surface area contributed by atoms with Crippen LogP contribution in [0.2, 0.25) is 0 Å². The van der Waals surface area contributed by atoms with Gasteiger partial charge in [-0.05, 0) is 31.2 Å². The average Bonchev–Trinajstić information content (AvgIpc) is 2.46. The first kappa shape index (κ1) is 11.4. The molecule has 2 aromatic carbocycles. The summed E-state index contributed by atoms with van der Waals surface area (Å²) in [5, 5.41) is 10.1. The van der Waals surface area contributed by atoms with Crippen LogP contribution in [0.15, 0.2) is 48.7 Å². The predicted molar refractivity (Wildman–Crippen MR) is 74.4 cm³/mol. The molecule has 1 aromatic heterocycles. The fourth-order valence-electron chi connectivity index (χ4n) is 2.06. The standard InChI is InChI=1S/C16H11N3/c1-11-6-7-15-13(8-11)10-18-16(19-15)14-5-3-2-4-12(14)9-17/h2-8,10H,1H3. The van der Waals surface area contributed by atoms with Crippen LogP contribution in [-0.4, -0.2) is 9.97 Å². The zero-order valence-electron chi connectivity index (χ0n) is 10.5. The third-order valence-corrected chi connectivity index (χ3v) is 3.02. The van der Waals surface area contributed by atoms with E-state index in [1.807, 2.05) is 37.3 Å². The van der Waals surface area contributed by atoms with Gasteiger partial charge in [-0.15, -0.1) is 0 Å². The molecule has 0 N–H and O–H groups in total. The van der Waals surface area contributed by atoms with Crippen LogP contribution in [0.4, 0.5) is 0 Å². The highest BCUT2D eigenvalue weighted by atomic mass is 14.9. The number of benzene rings is 2. The zero-order chi connectivity index (χ0) is 13.2. The lowest BCUT2D eigenvalue weighted by atomic mass is 10.1. The van der Waals surface area contributed by atoms with Crippen molar-refractivity contribution in [2.45, 2.75) is 6.92 Å². The average molecular weight is 245 g/mol. The minimum Gasteiger partial charge on any atom is -0.236 e. The fourth-order valence-corrected chi connectivity index (χ4v) is 2.06. The lowest BCUT2D eigenvalue weighted by Gasteiger charge is -2.04. The van der Waals surface area contributed by atoms with Gasteiger partial charge < -0.3 is 0 Å². The van der Waals surface area contributed by atoms with E-state index < -0.39 is 0 Å². The largest absolute Gasteiger partial charge is 0.236 e. The molecule has 0 bridgehead atoms. The molecule has 0 aliphatic rings. The highest BCUT2D eigenvalue weighted by Gasteiger charge is 2.07. The van der Waals surface area contributed by atoms with Gasteiger partial charge >= 0.3 is 0 Å². The molecule has 1 heterocycles. The number of aromatic nitrogens is 2. The number of rotatable bonds is 1. The van der Waals surface area contributed by atoms with Crippen molar-refractivity contribution in [3.8, 4) is 17.5 Å². The number of aryl methyl sites for hydroxylation is 1. The SMILES string of the molecule is Cc1ccc2nc(-c3ccccc3C#N)ncc2c1. The molecular formula is C16H11N3. The van der Waals surface area contributed by atoms with Crippen LogP contribution in [0.5, 0.6) is 0 Å². The zero-order valence-corrected chi connectivity index (χ0v) is 10.5. The molecule has 3 aromatic rings. The normalized spacial score (nSPS) is 10.3. The quantitative estimate of drug-likeness (QED) is 0.659. The molecule has 0 spiro atoms. The third kappa shape index (κ3) is 2.04. The van der Waals surface area contributed by atoms with Crippen LogP contribution >= 0.6 is 0 Å². The maximum atomic E-state index is 9.12. The molecule has 0 saturated heterocycles. The molecule has 0 unspecified atom stereocenters. The van der Waals surface area contributed by atoms with Gasteiger partial charge in [0.2, 0.25) is 0 Å². The summed E-state index contributed by atoms with van der Waals surface area (Å²) < 4.78 is 0. The lowest BCUT2D eigenvalue weighted by molar-refractivity contribution is 1.22. The number of hydrogen-bond donors (Lipinski definition) is 0. The van der Waals surface area contributed by atoms with E-state index in [0.29, 0.717) is 11.4 Å². The van der Waals surface area contributed by atoms with E-state index in [2.05, 4.69) is 22.1 Å². The molecule has 0 aliphatic carbocycles.